The Morgan fingerprint density at radius 2 is 2.19 bits per heavy atom. The minimum atomic E-state index is -0.0681. The Kier molecular flexibility index (Phi) is 4.60. The third-order valence-electron chi connectivity index (χ3n) is 4.46. The Hall–Kier alpha value is -1.33. The van der Waals surface area contributed by atoms with Crippen molar-refractivity contribution in [2.45, 2.75) is 32.2 Å². The molecule has 0 radical (unpaired) electrons. The topological polar surface area (TPSA) is 54.7 Å². The van der Waals surface area contributed by atoms with E-state index in [2.05, 4.69) is 12.2 Å². The number of aryl methyl sites for hydroxylation is 1. The molecule has 0 aliphatic carbocycles. The SMILES string of the molecule is CCc1ccc(C2COCCN2C(=O)C2CCNCC2)o1. The van der Waals surface area contributed by atoms with Gasteiger partial charge < -0.3 is 19.4 Å². The van der Waals surface area contributed by atoms with Crippen LogP contribution in [0.3, 0.4) is 0 Å². The maximum Gasteiger partial charge on any atom is 0.226 e. The lowest BCUT2D eigenvalue weighted by atomic mass is 9.95. The predicted molar refractivity (Wildman–Crippen MR) is 79.0 cm³/mol. The van der Waals surface area contributed by atoms with Crippen LogP contribution in [0.4, 0.5) is 0 Å². The van der Waals surface area contributed by atoms with Crippen LogP contribution in [0.15, 0.2) is 16.5 Å². The van der Waals surface area contributed by atoms with Gasteiger partial charge in [0.05, 0.1) is 13.2 Å². The summed E-state index contributed by atoms with van der Waals surface area (Å²) in [6.45, 7) is 5.76. The highest BCUT2D eigenvalue weighted by atomic mass is 16.5. The number of amides is 1. The second-order valence-electron chi connectivity index (χ2n) is 5.80. The van der Waals surface area contributed by atoms with Gasteiger partial charge in [0, 0.05) is 18.9 Å². The van der Waals surface area contributed by atoms with Crippen LogP contribution in [0.5, 0.6) is 0 Å². The minimum absolute atomic E-state index is 0.0681. The van der Waals surface area contributed by atoms with Crippen LogP contribution in [0.25, 0.3) is 0 Å². The van der Waals surface area contributed by atoms with Crippen molar-refractivity contribution in [2.75, 3.05) is 32.8 Å². The van der Waals surface area contributed by atoms with Gasteiger partial charge in [-0.1, -0.05) is 6.92 Å². The first-order chi connectivity index (χ1) is 10.3. The Morgan fingerprint density at radius 1 is 1.38 bits per heavy atom. The number of rotatable bonds is 3. The standard InChI is InChI=1S/C16H24N2O3/c1-2-13-3-4-15(21-13)14-11-20-10-9-18(14)16(19)12-5-7-17-8-6-12/h3-4,12,14,17H,2,5-11H2,1H3. The minimum Gasteiger partial charge on any atom is -0.464 e. The third-order valence-corrected chi connectivity index (χ3v) is 4.46. The van der Waals surface area contributed by atoms with Gasteiger partial charge in [-0.2, -0.15) is 0 Å². The van der Waals surface area contributed by atoms with Crippen molar-refractivity contribution < 1.29 is 13.9 Å². The van der Waals surface area contributed by atoms with Crippen LogP contribution in [0, 0.1) is 5.92 Å². The molecule has 0 aromatic carbocycles. The average Bonchev–Trinajstić information content (AvgIpc) is 3.04. The molecular weight excluding hydrogens is 268 g/mol. The number of nitrogens with one attached hydrogen (secondary N) is 1. The normalized spacial score (nSPS) is 24.2. The van der Waals surface area contributed by atoms with Gasteiger partial charge in [-0.25, -0.2) is 0 Å². The summed E-state index contributed by atoms with van der Waals surface area (Å²) in [6, 6.07) is 3.92. The second kappa shape index (κ2) is 6.62. The number of piperidine rings is 1. The first-order valence-corrected chi connectivity index (χ1v) is 7.97. The maximum absolute atomic E-state index is 12.8. The fourth-order valence-corrected chi connectivity index (χ4v) is 3.17. The molecule has 3 rings (SSSR count). The van der Waals surface area contributed by atoms with E-state index in [1.807, 2.05) is 17.0 Å². The van der Waals surface area contributed by atoms with Gasteiger partial charge in [0.1, 0.15) is 17.6 Å². The molecular formula is C16H24N2O3. The number of ether oxygens (including phenoxy) is 1. The van der Waals surface area contributed by atoms with E-state index in [4.69, 9.17) is 9.15 Å². The van der Waals surface area contributed by atoms with Crippen LogP contribution in [-0.2, 0) is 16.0 Å². The third kappa shape index (κ3) is 3.14. The van der Waals surface area contributed by atoms with Crippen LogP contribution in [0.2, 0.25) is 0 Å². The summed E-state index contributed by atoms with van der Waals surface area (Å²) in [6.07, 6.45) is 2.73. The van der Waals surface area contributed by atoms with E-state index in [1.165, 1.54) is 0 Å². The maximum atomic E-state index is 12.8. The van der Waals surface area contributed by atoms with Gasteiger partial charge in [-0.15, -0.1) is 0 Å². The molecule has 0 saturated carbocycles. The second-order valence-corrected chi connectivity index (χ2v) is 5.80. The summed E-state index contributed by atoms with van der Waals surface area (Å²) >= 11 is 0. The molecule has 2 fully saturated rings. The van der Waals surface area contributed by atoms with Gasteiger partial charge in [-0.3, -0.25) is 4.79 Å². The molecule has 1 aromatic rings. The van der Waals surface area contributed by atoms with E-state index in [9.17, 15) is 4.79 Å². The monoisotopic (exact) mass is 292 g/mol. The Morgan fingerprint density at radius 3 is 2.90 bits per heavy atom. The van der Waals surface area contributed by atoms with Gasteiger partial charge >= 0.3 is 0 Å². The van der Waals surface area contributed by atoms with E-state index in [0.717, 1.165) is 43.9 Å². The fourth-order valence-electron chi connectivity index (χ4n) is 3.17. The summed E-state index contributed by atoms with van der Waals surface area (Å²) in [5.74, 6) is 2.23. The number of nitrogens with zero attached hydrogens (tertiary/aromatic N) is 1. The lowest BCUT2D eigenvalue weighted by Gasteiger charge is -2.37. The summed E-state index contributed by atoms with van der Waals surface area (Å²) in [5.41, 5.74) is 0. The molecule has 1 unspecified atom stereocenters. The molecule has 2 aliphatic rings. The molecule has 1 N–H and O–H groups in total. The average molecular weight is 292 g/mol. The molecule has 1 aromatic heterocycles. The van der Waals surface area contributed by atoms with E-state index in [0.29, 0.717) is 19.8 Å². The van der Waals surface area contributed by atoms with Crippen molar-refractivity contribution in [3.8, 4) is 0 Å². The van der Waals surface area contributed by atoms with Gasteiger partial charge in [0.2, 0.25) is 5.91 Å². The summed E-state index contributed by atoms with van der Waals surface area (Å²) < 4.78 is 11.4. The number of hydrogen-bond donors (Lipinski definition) is 1. The van der Waals surface area contributed by atoms with Crippen molar-refractivity contribution in [1.29, 1.82) is 0 Å². The summed E-state index contributed by atoms with van der Waals surface area (Å²) in [4.78, 5) is 14.8. The largest absolute Gasteiger partial charge is 0.464 e. The number of carbonyl (C=O) groups is 1. The highest BCUT2D eigenvalue weighted by Gasteiger charge is 2.34. The summed E-state index contributed by atoms with van der Waals surface area (Å²) in [7, 11) is 0. The van der Waals surface area contributed by atoms with E-state index < -0.39 is 0 Å². The zero-order valence-electron chi connectivity index (χ0n) is 12.6. The molecule has 2 saturated heterocycles. The van der Waals surface area contributed by atoms with Crippen molar-refractivity contribution in [1.82, 2.24) is 10.2 Å². The van der Waals surface area contributed by atoms with Crippen LogP contribution in [-0.4, -0.2) is 43.7 Å². The molecule has 2 aliphatic heterocycles. The van der Waals surface area contributed by atoms with Crippen molar-refractivity contribution >= 4 is 5.91 Å². The highest BCUT2D eigenvalue weighted by molar-refractivity contribution is 5.79. The molecule has 1 atom stereocenters. The van der Waals surface area contributed by atoms with Crippen LogP contribution in [0.1, 0.15) is 37.3 Å². The highest BCUT2D eigenvalue weighted by Crippen LogP contribution is 2.29. The van der Waals surface area contributed by atoms with Crippen molar-refractivity contribution in [3.05, 3.63) is 23.7 Å². The van der Waals surface area contributed by atoms with Crippen LogP contribution >= 0.6 is 0 Å². The molecule has 5 heteroatoms. The molecule has 116 valence electrons. The molecule has 5 nitrogen and oxygen atoms in total. The summed E-state index contributed by atoms with van der Waals surface area (Å²) in [5, 5.41) is 3.31. The first kappa shape index (κ1) is 14.6. The number of morpholine rings is 1. The zero-order chi connectivity index (χ0) is 14.7. The zero-order valence-corrected chi connectivity index (χ0v) is 12.6. The smallest absolute Gasteiger partial charge is 0.226 e. The molecule has 0 bridgehead atoms. The number of furan rings is 1. The van der Waals surface area contributed by atoms with Crippen molar-refractivity contribution in [3.63, 3.8) is 0 Å². The quantitative estimate of drug-likeness (QED) is 0.922. The van der Waals surface area contributed by atoms with E-state index in [-0.39, 0.29) is 17.9 Å². The molecule has 1 amide bonds. The van der Waals surface area contributed by atoms with Crippen molar-refractivity contribution in [2.24, 2.45) is 5.92 Å². The fraction of sp³-hybridized carbons (Fsp3) is 0.688. The Bertz CT molecular complexity index is 480. The predicted octanol–water partition coefficient (Wildman–Crippen LogP) is 1.74. The van der Waals surface area contributed by atoms with Gasteiger partial charge in [0.15, 0.2) is 0 Å². The Labute approximate surface area is 125 Å². The Balaban J connectivity index is 1.75. The molecule has 21 heavy (non-hydrogen) atoms. The van der Waals surface area contributed by atoms with Gasteiger partial charge in [0.25, 0.3) is 0 Å². The molecule has 3 heterocycles. The van der Waals surface area contributed by atoms with E-state index >= 15 is 0 Å². The van der Waals surface area contributed by atoms with Gasteiger partial charge in [-0.05, 0) is 38.1 Å². The van der Waals surface area contributed by atoms with E-state index in [1.54, 1.807) is 0 Å². The number of carbonyl (C=O) groups excluding carboxylic acids is 1. The van der Waals surface area contributed by atoms with Crippen LogP contribution < -0.4 is 5.32 Å². The lowest BCUT2D eigenvalue weighted by Crippen LogP contribution is -2.47. The first-order valence-electron chi connectivity index (χ1n) is 7.97. The lowest BCUT2D eigenvalue weighted by molar-refractivity contribution is -0.146. The number of hydrogen-bond acceptors (Lipinski definition) is 4. The molecule has 0 spiro atoms.